The van der Waals surface area contributed by atoms with E-state index in [1.54, 1.807) is 0 Å². The predicted octanol–water partition coefficient (Wildman–Crippen LogP) is 0.0261. The van der Waals surface area contributed by atoms with Gasteiger partial charge in [-0.15, -0.1) is 0 Å². The van der Waals surface area contributed by atoms with Crippen molar-refractivity contribution >= 4 is 32.5 Å². The lowest BCUT2D eigenvalue weighted by atomic mass is 10.4. The molecule has 1 aromatic heterocycles. The van der Waals surface area contributed by atoms with Gasteiger partial charge < -0.3 is 5.11 Å². The first kappa shape index (κ1) is 10.8. The normalized spacial score (nSPS) is 11.2. The molecule has 1 N–H and O–H groups in total. The molecule has 14 heavy (non-hydrogen) atoms. The third-order valence-corrected chi connectivity index (χ3v) is 2.93. The Hall–Kier alpha value is -1.28. The Bertz CT molecular complexity index is 486. The number of carboxylic acids is 1. The van der Waals surface area contributed by atoms with Crippen LogP contribution in [0.2, 0.25) is 0 Å². The molecule has 0 aliphatic carbocycles. The number of hydrogen-bond donors (Lipinski definition) is 1. The minimum Gasteiger partial charge on any atom is -0.477 e. The Balaban J connectivity index is 3.11. The second-order valence-electron chi connectivity index (χ2n) is 2.44. The number of aromatic carboxylic acids is 1. The van der Waals surface area contributed by atoms with E-state index in [4.69, 9.17) is 5.11 Å². The van der Waals surface area contributed by atoms with Gasteiger partial charge in [-0.25, -0.2) is 13.2 Å². The predicted molar refractivity (Wildman–Crippen MR) is 48.2 cm³/mol. The monoisotopic (exact) mass is 235 g/mol. The zero-order chi connectivity index (χ0) is 10.9. The number of rotatable bonds is 2. The average Bonchev–Trinajstić information content (AvgIpc) is 2.48. The van der Waals surface area contributed by atoms with Crippen molar-refractivity contribution in [2.45, 2.75) is 0 Å². The SMILES string of the molecule is CS(=O)(=O)C(=O)c1cc(C(=O)O)sn1. The first-order valence-corrected chi connectivity index (χ1v) is 5.93. The molecule has 0 bridgehead atoms. The fraction of sp³-hybridized carbons (Fsp3) is 0.167. The van der Waals surface area contributed by atoms with Gasteiger partial charge in [0, 0.05) is 6.26 Å². The molecular formula is C6H5NO5S2. The highest BCUT2D eigenvalue weighted by Crippen LogP contribution is 2.12. The van der Waals surface area contributed by atoms with Crippen LogP contribution in [0.1, 0.15) is 20.2 Å². The van der Waals surface area contributed by atoms with Crippen LogP contribution >= 0.6 is 11.5 Å². The first-order chi connectivity index (χ1) is 6.32. The lowest BCUT2D eigenvalue weighted by Crippen LogP contribution is -2.12. The topological polar surface area (TPSA) is 101 Å². The minimum atomic E-state index is -3.86. The van der Waals surface area contributed by atoms with E-state index in [-0.39, 0.29) is 10.6 Å². The van der Waals surface area contributed by atoms with Crippen LogP contribution in [0, 0.1) is 0 Å². The van der Waals surface area contributed by atoms with Crippen molar-refractivity contribution in [3.8, 4) is 0 Å². The highest BCUT2D eigenvalue weighted by Gasteiger charge is 2.22. The van der Waals surface area contributed by atoms with Crippen molar-refractivity contribution in [2.75, 3.05) is 6.26 Å². The zero-order valence-corrected chi connectivity index (χ0v) is 8.55. The van der Waals surface area contributed by atoms with Gasteiger partial charge in [-0.05, 0) is 17.6 Å². The van der Waals surface area contributed by atoms with E-state index in [2.05, 4.69) is 4.37 Å². The molecule has 76 valence electrons. The summed E-state index contributed by atoms with van der Waals surface area (Å²) in [6, 6.07) is 0.941. The molecule has 0 aliphatic heterocycles. The van der Waals surface area contributed by atoms with Crippen molar-refractivity contribution in [1.82, 2.24) is 4.37 Å². The molecule has 1 heterocycles. The van der Waals surface area contributed by atoms with Gasteiger partial charge in [-0.2, -0.15) is 4.37 Å². The number of aromatic nitrogens is 1. The largest absolute Gasteiger partial charge is 0.477 e. The quantitative estimate of drug-likeness (QED) is 0.775. The smallest absolute Gasteiger partial charge is 0.347 e. The van der Waals surface area contributed by atoms with Crippen LogP contribution in [0.4, 0.5) is 0 Å². The van der Waals surface area contributed by atoms with Gasteiger partial charge in [0.2, 0.25) is 9.84 Å². The highest BCUT2D eigenvalue weighted by atomic mass is 32.2. The van der Waals surface area contributed by atoms with E-state index in [1.165, 1.54) is 0 Å². The number of carboxylic acid groups (broad SMARTS) is 1. The van der Waals surface area contributed by atoms with Crippen LogP contribution in [0.25, 0.3) is 0 Å². The molecule has 0 fully saturated rings. The number of sulfone groups is 1. The lowest BCUT2D eigenvalue weighted by molar-refractivity contribution is 0.0702. The van der Waals surface area contributed by atoms with Crippen molar-refractivity contribution in [1.29, 1.82) is 0 Å². The summed E-state index contributed by atoms with van der Waals surface area (Å²) in [4.78, 5) is 21.3. The van der Waals surface area contributed by atoms with Crippen LogP contribution in [0.15, 0.2) is 6.07 Å². The van der Waals surface area contributed by atoms with Gasteiger partial charge in [0.25, 0.3) is 5.12 Å². The van der Waals surface area contributed by atoms with Crippen LogP contribution in [0.5, 0.6) is 0 Å². The molecule has 6 nitrogen and oxygen atoms in total. The van der Waals surface area contributed by atoms with E-state index in [0.717, 1.165) is 12.3 Å². The minimum absolute atomic E-state index is 0.169. The Morgan fingerprint density at radius 3 is 2.43 bits per heavy atom. The molecule has 0 saturated carbocycles. The van der Waals surface area contributed by atoms with Gasteiger partial charge in [-0.3, -0.25) is 4.79 Å². The zero-order valence-electron chi connectivity index (χ0n) is 6.92. The standard InChI is InChI=1S/C6H5NO5S2/c1-14(11,12)6(10)3-2-4(5(8)9)13-7-3/h2H,1H3,(H,8,9). The van der Waals surface area contributed by atoms with E-state index in [1.807, 2.05) is 0 Å². The Labute approximate surface area is 83.3 Å². The maximum absolute atomic E-state index is 11.1. The van der Waals surface area contributed by atoms with Crippen molar-refractivity contribution in [3.05, 3.63) is 16.6 Å². The van der Waals surface area contributed by atoms with E-state index >= 15 is 0 Å². The molecule has 0 spiro atoms. The summed E-state index contributed by atoms with van der Waals surface area (Å²) >= 11 is 0.567. The van der Waals surface area contributed by atoms with Crippen LogP contribution in [0.3, 0.4) is 0 Å². The maximum atomic E-state index is 11.1. The molecular weight excluding hydrogens is 230 g/mol. The van der Waals surface area contributed by atoms with Gasteiger partial charge in [0.05, 0.1) is 0 Å². The number of carbonyl (C=O) groups excluding carboxylic acids is 1. The Kier molecular flexibility index (Phi) is 2.67. The molecule has 1 rings (SSSR count). The second-order valence-corrected chi connectivity index (χ2v) is 5.16. The van der Waals surface area contributed by atoms with Gasteiger partial charge in [0.1, 0.15) is 10.6 Å². The summed E-state index contributed by atoms with van der Waals surface area (Å²) in [5.74, 6) is -1.24. The van der Waals surface area contributed by atoms with E-state index in [0.29, 0.717) is 11.5 Å². The fourth-order valence-electron chi connectivity index (χ4n) is 0.662. The molecule has 0 radical (unpaired) electrons. The van der Waals surface area contributed by atoms with E-state index < -0.39 is 20.9 Å². The molecule has 0 unspecified atom stereocenters. The van der Waals surface area contributed by atoms with Crippen molar-refractivity contribution < 1.29 is 23.1 Å². The van der Waals surface area contributed by atoms with Crippen LogP contribution in [-0.4, -0.2) is 35.2 Å². The van der Waals surface area contributed by atoms with Gasteiger partial charge >= 0.3 is 5.97 Å². The van der Waals surface area contributed by atoms with Crippen molar-refractivity contribution in [3.63, 3.8) is 0 Å². The summed E-state index contributed by atoms with van der Waals surface area (Å²) in [5, 5.41) is 7.33. The molecule has 0 aliphatic rings. The van der Waals surface area contributed by atoms with Crippen LogP contribution < -0.4 is 0 Å². The fourth-order valence-corrected chi connectivity index (χ4v) is 1.78. The molecule has 0 saturated heterocycles. The van der Waals surface area contributed by atoms with E-state index in [9.17, 15) is 18.0 Å². The Morgan fingerprint density at radius 1 is 1.50 bits per heavy atom. The lowest BCUT2D eigenvalue weighted by Gasteiger charge is -1.89. The maximum Gasteiger partial charge on any atom is 0.347 e. The molecule has 0 amide bonds. The van der Waals surface area contributed by atoms with Gasteiger partial charge in [-0.1, -0.05) is 0 Å². The summed E-state index contributed by atoms with van der Waals surface area (Å²) in [5.41, 5.74) is -0.352. The number of hydrogen-bond acceptors (Lipinski definition) is 6. The number of nitrogens with zero attached hydrogens (tertiary/aromatic N) is 1. The summed E-state index contributed by atoms with van der Waals surface area (Å²) in [6.07, 6.45) is 0.745. The average molecular weight is 235 g/mol. The van der Waals surface area contributed by atoms with Crippen molar-refractivity contribution in [2.24, 2.45) is 0 Å². The highest BCUT2D eigenvalue weighted by molar-refractivity contribution is 8.06. The second kappa shape index (κ2) is 3.46. The first-order valence-electron chi connectivity index (χ1n) is 3.27. The summed E-state index contributed by atoms with van der Waals surface area (Å²) in [7, 11) is -3.86. The molecule has 8 heteroatoms. The Morgan fingerprint density at radius 2 is 2.07 bits per heavy atom. The summed E-state index contributed by atoms with van der Waals surface area (Å²) < 4.78 is 25.0. The molecule has 1 aromatic rings. The molecule has 0 aromatic carbocycles. The van der Waals surface area contributed by atoms with Gasteiger partial charge in [0.15, 0.2) is 0 Å². The molecule has 0 atom stereocenters. The summed E-state index contributed by atoms with van der Waals surface area (Å²) in [6.45, 7) is 0. The number of carbonyl (C=O) groups is 2. The third-order valence-electron chi connectivity index (χ3n) is 1.27. The third kappa shape index (κ3) is 2.15. The van der Waals surface area contributed by atoms with Crippen LogP contribution in [-0.2, 0) is 9.84 Å².